The number of aromatic amines is 1. The lowest BCUT2D eigenvalue weighted by Crippen LogP contribution is -2.01. The van der Waals surface area contributed by atoms with Gasteiger partial charge in [0.15, 0.2) is 0 Å². The third kappa shape index (κ3) is 3.00. The number of fused-ring (bicyclic) bond motifs is 1. The SMILES string of the molecule is COc1ccc2[nH]c(-c3ccc(C(C)C)cc3)c(CC(=O)O)c2c1. The highest BCUT2D eigenvalue weighted by Gasteiger charge is 2.16. The molecule has 3 rings (SSSR count). The van der Waals surface area contributed by atoms with E-state index in [2.05, 4.69) is 31.0 Å². The average Bonchev–Trinajstić information content (AvgIpc) is 2.92. The summed E-state index contributed by atoms with van der Waals surface area (Å²) in [7, 11) is 1.61. The van der Waals surface area contributed by atoms with Gasteiger partial charge in [0, 0.05) is 10.9 Å². The number of ether oxygens (including phenoxy) is 1. The predicted octanol–water partition coefficient (Wildman–Crippen LogP) is 4.59. The van der Waals surface area contributed by atoms with Gasteiger partial charge >= 0.3 is 5.97 Å². The van der Waals surface area contributed by atoms with E-state index in [4.69, 9.17) is 4.74 Å². The summed E-state index contributed by atoms with van der Waals surface area (Å²) in [5.74, 6) is 0.332. The molecular weight excluding hydrogens is 302 g/mol. The zero-order valence-electron chi connectivity index (χ0n) is 14.1. The second-order valence-electron chi connectivity index (χ2n) is 6.24. The number of nitrogens with one attached hydrogen (secondary N) is 1. The average molecular weight is 323 g/mol. The maximum Gasteiger partial charge on any atom is 0.307 e. The minimum absolute atomic E-state index is 0.0333. The lowest BCUT2D eigenvalue weighted by Gasteiger charge is -2.07. The van der Waals surface area contributed by atoms with E-state index >= 15 is 0 Å². The Bertz CT molecular complexity index is 876. The van der Waals surface area contributed by atoms with Crippen LogP contribution in [0, 0.1) is 0 Å². The Hall–Kier alpha value is -2.75. The van der Waals surface area contributed by atoms with Gasteiger partial charge in [-0.05, 0) is 40.8 Å². The van der Waals surface area contributed by atoms with Crippen LogP contribution in [0.3, 0.4) is 0 Å². The number of rotatable bonds is 5. The molecule has 3 aromatic rings. The third-order valence-corrected chi connectivity index (χ3v) is 4.31. The Kier molecular flexibility index (Phi) is 4.30. The fourth-order valence-corrected chi connectivity index (χ4v) is 2.97. The molecule has 0 aliphatic heterocycles. The first-order valence-corrected chi connectivity index (χ1v) is 8.00. The molecule has 1 aromatic heterocycles. The molecule has 0 aliphatic carbocycles. The summed E-state index contributed by atoms with van der Waals surface area (Å²) >= 11 is 0. The highest BCUT2D eigenvalue weighted by Crippen LogP contribution is 2.33. The fourth-order valence-electron chi connectivity index (χ4n) is 2.97. The van der Waals surface area contributed by atoms with Gasteiger partial charge in [0.2, 0.25) is 0 Å². The largest absolute Gasteiger partial charge is 0.497 e. The van der Waals surface area contributed by atoms with Crippen molar-refractivity contribution in [2.24, 2.45) is 0 Å². The Labute approximate surface area is 141 Å². The van der Waals surface area contributed by atoms with Gasteiger partial charge in [-0.1, -0.05) is 38.1 Å². The molecule has 0 fully saturated rings. The van der Waals surface area contributed by atoms with Crippen LogP contribution in [-0.2, 0) is 11.2 Å². The van der Waals surface area contributed by atoms with E-state index in [0.29, 0.717) is 5.92 Å². The molecule has 0 aliphatic rings. The van der Waals surface area contributed by atoms with E-state index in [1.54, 1.807) is 7.11 Å². The van der Waals surface area contributed by atoms with E-state index < -0.39 is 5.97 Å². The van der Waals surface area contributed by atoms with Crippen LogP contribution in [0.4, 0.5) is 0 Å². The number of benzene rings is 2. The highest BCUT2D eigenvalue weighted by atomic mass is 16.5. The lowest BCUT2D eigenvalue weighted by atomic mass is 9.98. The van der Waals surface area contributed by atoms with Crippen molar-refractivity contribution in [2.45, 2.75) is 26.2 Å². The molecule has 2 aromatic carbocycles. The molecule has 0 saturated carbocycles. The molecule has 0 bridgehead atoms. The van der Waals surface area contributed by atoms with Crippen molar-refractivity contribution >= 4 is 16.9 Å². The molecule has 0 saturated heterocycles. The van der Waals surface area contributed by atoms with Gasteiger partial charge in [-0.25, -0.2) is 0 Å². The van der Waals surface area contributed by atoms with Gasteiger partial charge < -0.3 is 14.8 Å². The first kappa shape index (κ1) is 16.1. The van der Waals surface area contributed by atoms with Crippen molar-refractivity contribution in [1.29, 1.82) is 0 Å². The number of carboxylic acids is 1. The molecule has 0 atom stereocenters. The van der Waals surface area contributed by atoms with Gasteiger partial charge in [0.25, 0.3) is 0 Å². The maximum absolute atomic E-state index is 11.3. The Morgan fingerprint density at radius 1 is 1.17 bits per heavy atom. The quantitative estimate of drug-likeness (QED) is 0.721. The zero-order valence-corrected chi connectivity index (χ0v) is 14.1. The van der Waals surface area contributed by atoms with Crippen molar-refractivity contribution in [3.8, 4) is 17.0 Å². The number of H-pyrrole nitrogens is 1. The summed E-state index contributed by atoms with van der Waals surface area (Å²) in [6, 6.07) is 14.0. The molecule has 0 spiro atoms. The van der Waals surface area contributed by atoms with Crippen LogP contribution >= 0.6 is 0 Å². The maximum atomic E-state index is 11.3. The number of aliphatic carboxylic acids is 1. The number of aromatic nitrogens is 1. The summed E-state index contributed by atoms with van der Waals surface area (Å²) in [4.78, 5) is 14.7. The van der Waals surface area contributed by atoms with E-state index in [9.17, 15) is 9.90 Å². The number of carbonyl (C=O) groups is 1. The molecule has 24 heavy (non-hydrogen) atoms. The van der Waals surface area contributed by atoms with E-state index in [-0.39, 0.29) is 6.42 Å². The van der Waals surface area contributed by atoms with E-state index in [1.165, 1.54) is 5.56 Å². The minimum Gasteiger partial charge on any atom is -0.497 e. The van der Waals surface area contributed by atoms with Crippen LogP contribution in [0.25, 0.3) is 22.2 Å². The summed E-state index contributed by atoms with van der Waals surface area (Å²) in [5.41, 5.74) is 4.81. The molecule has 4 heteroatoms. The van der Waals surface area contributed by atoms with Crippen LogP contribution < -0.4 is 4.74 Å². The van der Waals surface area contributed by atoms with Gasteiger partial charge in [-0.3, -0.25) is 4.79 Å². The van der Waals surface area contributed by atoms with Crippen molar-refractivity contribution in [3.63, 3.8) is 0 Å². The Morgan fingerprint density at radius 3 is 2.46 bits per heavy atom. The number of hydrogen-bond donors (Lipinski definition) is 2. The smallest absolute Gasteiger partial charge is 0.307 e. The van der Waals surface area contributed by atoms with E-state index in [0.717, 1.165) is 33.5 Å². The molecule has 1 heterocycles. The summed E-state index contributed by atoms with van der Waals surface area (Å²) in [6.45, 7) is 4.31. The molecule has 4 nitrogen and oxygen atoms in total. The molecule has 124 valence electrons. The Balaban J connectivity index is 2.16. The van der Waals surface area contributed by atoms with Gasteiger partial charge in [-0.15, -0.1) is 0 Å². The molecule has 0 amide bonds. The summed E-state index contributed by atoms with van der Waals surface area (Å²) in [5, 5.41) is 10.2. The van der Waals surface area contributed by atoms with Crippen molar-refractivity contribution < 1.29 is 14.6 Å². The highest BCUT2D eigenvalue weighted by molar-refractivity contribution is 5.94. The number of carboxylic acid groups (broad SMARTS) is 1. The number of hydrogen-bond acceptors (Lipinski definition) is 2. The molecule has 0 radical (unpaired) electrons. The van der Waals surface area contributed by atoms with Crippen LogP contribution in [0.1, 0.15) is 30.9 Å². The van der Waals surface area contributed by atoms with Crippen molar-refractivity contribution in [2.75, 3.05) is 7.11 Å². The van der Waals surface area contributed by atoms with Crippen LogP contribution in [0.2, 0.25) is 0 Å². The van der Waals surface area contributed by atoms with Crippen molar-refractivity contribution in [1.82, 2.24) is 4.98 Å². The zero-order chi connectivity index (χ0) is 17.3. The van der Waals surface area contributed by atoms with Crippen molar-refractivity contribution in [3.05, 3.63) is 53.6 Å². The normalized spacial score (nSPS) is 11.2. The molecule has 0 unspecified atom stereocenters. The second-order valence-corrected chi connectivity index (χ2v) is 6.24. The first-order chi connectivity index (χ1) is 11.5. The van der Waals surface area contributed by atoms with Crippen LogP contribution in [0.5, 0.6) is 5.75 Å². The topological polar surface area (TPSA) is 62.3 Å². The summed E-state index contributed by atoms with van der Waals surface area (Å²) in [6.07, 6.45) is -0.0333. The fraction of sp³-hybridized carbons (Fsp3) is 0.250. The molecular formula is C20H21NO3. The standard InChI is InChI=1S/C20H21NO3/c1-12(2)13-4-6-14(7-5-13)20-17(11-19(22)23)16-10-15(24-3)8-9-18(16)21-20/h4-10,12,21H,11H2,1-3H3,(H,22,23). The van der Waals surface area contributed by atoms with E-state index in [1.807, 2.05) is 30.3 Å². The second kappa shape index (κ2) is 6.40. The minimum atomic E-state index is -0.848. The van der Waals surface area contributed by atoms with Crippen LogP contribution in [0.15, 0.2) is 42.5 Å². The first-order valence-electron chi connectivity index (χ1n) is 8.00. The van der Waals surface area contributed by atoms with Gasteiger partial charge in [-0.2, -0.15) is 0 Å². The Morgan fingerprint density at radius 2 is 1.88 bits per heavy atom. The van der Waals surface area contributed by atoms with Gasteiger partial charge in [0.1, 0.15) is 5.75 Å². The lowest BCUT2D eigenvalue weighted by molar-refractivity contribution is -0.136. The predicted molar refractivity (Wildman–Crippen MR) is 95.7 cm³/mol. The summed E-state index contributed by atoms with van der Waals surface area (Å²) < 4.78 is 5.28. The third-order valence-electron chi connectivity index (χ3n) is 4.31. The monoisotopic (exact) mass is 323 g/mol. The van der Waals surface area contributed by atoms with Gasteiger partial charge in [0.05, 0.1) is 19.2 Å². The molecule has 2 N–H and O–H groups in total. The number of methoxy groups -OCH3 is 1. The van der Waals surface area contributed by atoms with Crippen LogP contribution in [-0.4, -0.2) is 23.2 Å².